The molecule has 1 heteroatoms. The van der Waals surface area contributed by atoms with Gasteiger partial charge in [0.1, 0.15) is 0 Å². The summed E-state index contributed by atoms with van der Waals surface area (Å²) in [6.45, 7) is 0. The Bertz CT molecular complexity index is 3000. The first kappa shape index (κ1) is 37.3. The molecule has 10 aromatic rings. The number of anilines is 3. The van der Waals surface area contributed by atoms with Gasteiger partial charge < -0.3 is 4.90 Å². The second-order valence-electron chi connectivity index (χ2n) is 15.3. The SMILES string of the molecule is c1ccc(-c2ccc(-c3ccc(N(c4ccc(-c5ccccc5)cc4)c4ccc(-c5ccc(-c6ccccc6)cc5-c5ccccc5)cc4-c4ccccc4)cc3)cc2)cc1. The summed E-state index contributed by atoms with van der Waals surface area (Å²) in [6, 6.07) is 94.0. The van der Waals surface area contributed by atoms with E-state index in [1.807, 2.05) is 0 Å². The van der Waals surface area contributed by atoms with Crippen molar-refractivity contribution >= 4 is 17.1 Å². The topological polar surface area (TPSA) is 3.24 Å². The zero-order chi connectivity index (χ0) is 40.8. The molecule has 0 unspecified atom stereocenters. The maximum atomic E-state index is 2.40. The number of hydrogen-bond acceptors (Lipinski definition) is 1. The molecule has 61 heavy (non-hydrogen) atoms. The minimum atomic E-state index is 1.08. The van der Waals surface area contributed by atoms with Gasteiger partial charge in [-0.3, -0.25) is 0 Å². The Morgan fingerprint density at radius 2 is 0.475 bits per heavy atom. The van der Waals surface area contributed by atoms with Crippen LogP contribution in [0, 0.1) is 0 Å². The fourth-order valence-electron chi connectivity index (χ4n) is 8.36. The highest BCUT2D eigenvalue weighted by molar-refractivity contribution is 5.94. The lowest BCUT2D eigenvalue weighted by molar-refractivity contribution is 1.28. The van der Waals surface area contributed by atoms with Crippen molar-refractivity contribution in [2.45, 2.75) is 0 Å². The molecule has 0 heterocycles. The zero-order valence-electron chi connectivity index (χ0n) is 33.8. The predicted molar refractivity (Wildman–Crippen MR) is 259 cm³/mol. The van der Waals surface area contributed by atoms with Crippen molar-refractivity contribution in [3.05, 3.63) is 261 Å². The van der Waals surface area contributed by atoms with Gasteiger partial charge in [0.15, 0.2) is 0 Å². The zero-order valence-corrected chi connectivity index (χ0v) is 33.8. The Labute approximate surface area is 359 Å². The standard InChI is InChI=1S/C60H43N/c1-6-16-44(17-7-1)47-26-28-48(29-27-47)50-32-38-56(39-33-50)61(55-36-30-49(31-37-55)45-18-8-2-9-19-45)60-41-35-54(43-59(60)52-24-14-5-15-25-52)57-40-34-53(46-20-10-3-11-21-46)42-58(57)51-22-12-4-13-23-51/h1-43H. The fraction of sp³-hybridized carbons (Fsp3) is 0. The largest absolute Gasteiger partial charge is 0.310 e. The highest BCUT2D eigenvalue weighted by Crippen LogP contribution is 2.45. The summed E-state index contributed by atoms with van der Waals surface area (Å²) in [5, 5.41) is 0. The molecule has 0 radical (unpaired) electrons. The molecule has 0 spiro atoms. The average Bonchev–Trinajstić information content (AvgIpc) is 3.36. The lowest BCUT2D eigenvalue weighted by atomic mass is 9.89. The number of hydrogen-bond donors (Lipinski definition) is 0. The van der Waals surface area contributed by atoms with E-state index >= 15 is 0 Å². The molecular formula is C60H43N. The van der Waals surface area contributed by atoms with Crippen molar-refractivity contribution in [2.24, 2.45) is 0 Å². The van der Waals surface area contributed by atoms with Crippen LogP contribution in [0.3, 0.4) is 0 Å². The quantitative estimate of drug-likeness (QED) is 0.134. The molecule has 288 valence electrons. The molecule has 0 aliphatic rings. The molecule has 0 fully saturated rings. The lowest BCUT2D eigenvalue weighted by Crippen LogP contribution is -2.11. The van der Waals surface area contributed by atoms with E-state index in [9.17, 15) is 0 Å². The first-order valence-electron chi connectivity index (χ1n) is 20.9. The van der Waals surface area contributed by atoms with Gasteiger partial charge in [0, 0.05) is 16.9 Å². The third kappa shape index (κ3) is 7.93. The first-order chi connectivity index (χ1) is 30.2. The van der Waals surface area contributed by atoms with Gasteiger partial charge >= 0.3 is 0 Å². The molecule has 10 aromatic carbocycles. The predicted octanol–water partition coefficient (Wildman–Crippen LogP) is 16.8. The van der Waals surface area contributed by atoms with E-state index in [0.717, 1.165) is 33.8 Å². The van der Waals surface area contributed by atoms with E-state index in [4.69, 9.17) is 0 Å². The molecular weight excluding hydrogens is 735 g/mol. The lowest BCUT2D eigenvalue weighted by Gasteiger charge is -2.29. The third-order valence-electron chi connectivity index (χ3n) is 11.5. The van der Waals surface area contributed by atoms with E-state index in [0.29, 0.717) is 0 Å². The smallest absolute Gasteiger partial charge is 0.0540 e. The van der Waals surface area contributed by atoms with E-state index in [1.54, 1.807) is 0 Å². The van der Waals surface area contributed by atoms with Crippen LogP contribution in [-0.2, 0) is 0 Å². The van der Waals surface area contributed by atoms with Gasteiger partial charge in [-0.15, -0.1) is 0 Å². The maximum absolute atomic E-state index is 2.40. The van der Waals surface area contributed by atoms with Crippen molar-refractivity contribution in [3.63, 3.8) is 0 Å². The molecule has 0 amide bonds. The Morgan fingerprint density at radius 1 is 0.180 bits per heavy atom. The van der Waals surface area contributed by atoms with Gasteiger partial charge in [-0.25, -0.2) is 0 Å². The molecule has 0 saturated heterocycles. The summed E-state index contributed by atoms with van der Waals surface area (Å²) < 4.78 is 0. The first-order valence-corrected chi connectivity index (χ1v) is 20.9. The number of rotatable bonds is 10. The molecule has 0 bridgehead atoms. The van der Waals surface area contributed by atoms with Gasteiger partial charge in [-0.2, -0.15) is 0 Å². The van der Waals surface area contributed by atoms with Crippen molar-refractivity contribution in [1.82, 2.24) is 0 Å². The van der Waals surface area contributed by atoms with Gasteiger partial charge in [0.05, 0.1) is 5.69 Å². The second kappa shape index (κ2) is 17.1. The van der Waals surface area contributed by atoms with Crippen LogP contribution in [0.25, 0.3) is 77.9 Å². The van der Waals surface area contributed by atoms with Crippen LogP contribution < -0.4 is 4.90 Å². The number of nitrogens with zero attached hydrogens (tertiary/aromatic N) is 1. The van der Waals surface area contributed by atoms with Crippen molar-refractivity contribution < 1.29 is 0 Å². The van der Waals surface area contributed by atoms with Crippen molar-refractivity contribution in [3.8, 4) is 77.9 Å². The van der Waals surface area contributed by atoms with Crippen LogP contribution in [-0.4, -0.2) is 0 Å². The molecule has 0 N–H and O–H groups in total. The molecule has 10 rings (SSSR count). The van der Waals surface area contributed by atoms with Crippen LogP contribution >= 0.6 is 0 Å². The molecule has 0 saturated carbocycles. The fourth-order valence-corrected chi connectivity index (χ4v) is 8.36. The van der Waals surface area contributed by atoms with E-state index in [2.05, 4.69) is 266 Å². The van der Waals surface area contributed by atoms with Crippen LogP contribution in [0.15, 0.2) is 261 Å². The molecule has 1 nitrogen and oxygen atoms in total. The summed E-state index contributed by atoms with van der Waals surface area (Å²) in [4.78, 5) is 2.40. The monoisotopic (exact) mass is 777 g/mol. The second-order valence-corrected chi connectivity index (χ2v) is 15.3. The Balaban J connectivity index is 1.10. The van der Waals surface area contributed by atoms with Crippen LogP contribution in [0.5, 0.6) is 0 Å². The minimum Gasteiger partial charge on any atom is -0.310 e. The maximum Gasteiger partial charge on any atom is 0.0540 e. The Kier molecular flexibility index (Phi) is 10.4. The normalized spacial score (nSPS) is 11.0. The molecule has 0 aliphatic heterocycles. The van der Waals surface area contributed by atoms with Crippen molar-refractivity contribution in [1.29, 1.82) is 0 Å². The van der Waals surface area contributed by atoms with Gasteiger partial charge in [0.25, 0.3) is 0 Å². The van der Waals surface area contributed by atoms with Gasteiger partial charge in [-0.05, 0) is 115 Å². The Morgan fingerprint density at radius 3 is 0.902 bits per heavy atom. The highest BCUT2D eigenvalue weighted by Gasteiger charge is 2.20. The molecule has 0 atom stereocenters. The summed E-state index contributed by atoms with van der Waals surface area (Å²) in [5.41, 5.74) is 19.9. The van der Waals surface area contributed by atoms with E-state index in [-0.39, 0.29) is 0 Å². The van der Waals surface area contributed by atoms with Crippen molar-refractivity contribution in [2.75, 3.05) is 4.90 Å². The molecule has 0 aliphatic carbocycles. The number of benzene rings is 10. The van der Waals surface area contributed by atoms with Crippen LogP contribution in [0.1, 0.15) is 0 Å². The van der Waals surface area contributed by atoms with Gasteiger partial charge in [0.2, 0.25) is 0 Å². The van der Waals surface area contributed by atoms with Crippen LogP contribution in [0.2, 0.25) is 0 Å². The minimum absolute atomic E-state index is 1.08. The summed E-state index contributed by atoms with van der Waals surface area (Å²) in [5.74, 6) is 0. The van der Waals surface area contributed by atoms with E-state index in [1.165, 1.54) is 61.2 Å². The molecule has 0 aromatic heterocycles. The van der Waals surface area contributed by atoms with Gasteiger partial charge in [-0.1, -0.05) is 218 Å². The summed E-state index contributed by atoms with van der Waals surface area (Å²) in [6.07, 6.45) is 0. The van der Waals surface area contributed by atoms with Crippen LogP contribution in [0.4, 0.5) is 17.1 Å². The van der Waals surface area contributed by atoms with E-state index < -0.39 is 0 Å². The average molecular weight is 778 g/mol. The summed E-state index contributed by atoms with van der Waals surface area (Å²) >= 11 is 0. The highest BCUT2D eigenvalue weighted by atomic mass is 15.1. The summed E-state index contributed by atoms with van der Waals surface area (Å²) in [7, 11) is 0. The Hall–Kier alpha value is -8.00. The third-order valence-corrected chi connectivity index (χ3v) is 11.5.